The van der Waals surface area contributed by atoms with Gasteiger partial charge < -0.3 is 42.3 Å². The Balaban J connectivity index is 2.04. The van der Waals surface area contributed by atoms with Gasteiger partial charge in [-0.15, -0.1) is 0 Å². The fourth-order valence-electron chi connectivity index (χ4n) is 6.87. The molecule has 3 rings (SSSR count). The first-order valence-electron chi connectivity index (χ1n) is 21.1. The fraction of sp³-hybridized carbons (Fsp3) is 0.617. The number of cyclic esters (lactones) is 1. The van der Waals surface area contributed by atoms with E-state index in [4.69, 9.17) is 42.3 Å². The van der Waals surface area contributed by atoms with Crippen molar-refractivity contribution in [3.63, 3.8) is 0 Å². The molecule has 0 amide bonds. The number of carbonyl (C=O) groups excluding carboxylic acids is 2. The fourth-order valence-corrected chi connectivity index (χ4v) is 8.53. The SMILES string of the molecule is CC[C@H]1CCC[C@H](OCc2ccc(OC)cc2)[C@@H](C)C(=O)/C=C/C=C/C[C@H](O[C@@H]2O[C@@H](C)[C@H](OC)[C@@H](OC)[C@H]2OC)[C@H](O[Si](C)(C)C(C)(C)C)/C=C(Br)/C=C/C=C/C(=O)O1. The maximum absolute atomic E-state index is 13.7. The molecule has 0 unspecified atom stereocenters. The maximum atomic E-state index is 13.7. The van der Waals surface area contributed by atoms with Gasteiger partial charge in [0.05, 0.1) is 38.1 Å². The largest absolute Gasteiger partial charge is 0.497 e. The second-order valence-corrected chi connectivity index (χ2v) is 22.6. The number of hydrogen-bond donors (Lipinski definition) is 0. The Hall–Kier alpha value is -2.72. The number of allylic oxidation sites excluding steroid dienone is 7. The second-order valence-electron chi connectivity index (χ2n) is 16.9. The number of esters is 1. The van der Waals surface area contributed by atoms with E-state index in [-0.39, 0.29) is 35.2 Å². The Morgan fingerprint density at radius 1 is 0.833 bits per heavy atom. The third kappa shape index (κ3) is 15.9. The number of carbonyl (C=O) groups is 2. The number of benzene rings is 1. The number of halogens is 1. The summed E-state index contributed by atoms with van der Waals surface area (Å²) in [6.07, 6.45) is 14.6. The number of rotatable bonds is 12. The minimum absolute atomic E-state index is 0.0541. The molecular weight excluding hydrogens is 848 g/mol. The highest BCUT2D eigenvalue weighted by atomic mass is 79.9. The molecule has 2 aliphatic rings. The van der Waals surface area contributed by atoms with Crippen LogP contribution in [-0.4, -0.2) is 104 Å². The molecule has 2 heterocycles. The minimum Gasteiger partial charge on any atom is -0.497 e. The first-order valence-corrected chi connectivity index (χ1v) is 24.8. The molecular formula is C47H71BrO11Si. The summed E-state index contributed by atoms with van der Waals surface area (Å²) < 4.78 is 56.3. The van der Waals surface area contributed by atoms with Crippen molar-refractivity contribution >= 4 is 36.0 Å². The van der Waals surface area contributed by atoms with E-state index >= 15 is 0 Å². The van der Waals surface area contributed by atoms with E-state index in [0.29, 0.717) is 38.7 Å². The van der Waals surface area contributed by atoms with Crippen molar-refractivity contribution < 1.29 is 51.9 Å². The van der Waals surface area contributed by atoms with Crippen LogP contribution in [0.4, 0.5) is 0 Å². The van der Waals surface area contributed by atoms with Gasteiger partial charge in [-0.25, -0.2) is 4.79 Å². The lowest BCUT2D eigenvalue weighted by molar-refractivity contribution is -0.318. The molecule has 1 aromatic rings. The average Bonchev–Trinajstić information content (AvgIpc) is 3.21. The highest BCUT2D eigenvalue weighted by molar-refractivity contribution is 9.11. The molecule has 11 nitrogen and oxygen atoms in total. The van der Waals surface area contributed by atoms with Crippen molar-refractivity contribution in [2.45, 2.75) is 154 Å². The molecule has 10 atom stereocenters. The average molecular weight is 920 g/mol. The summed E-state index contributed by atoms with van der Waals surface area (Å²) in [5.41, 5.74) is 0.976. The summed E-state index contributed by atoms with van der Waals surface area (Å²) in [6, 6.07) is 7.69. The topological polar surface area (TPSA) is 117 Å². The predicted molar refractivity (Wildman–Crippen MR) is 242 cm³/mol. The van der Waals surface area contributed by atoms with Crippen LogP contribution < -0.4 is 4.74 Å². The molecule has 0 bridgehead atoms. The molecule has 13 heteroatoms. The lowest BCUT2D eigenvalue weighted by Crippen LogP contribution is -2.60. The summed E-state index contributed by atoms with van der Waals surface area (Å²) in [5.74, 6) is -0.141. The molecule has 60 heavy (non-hydrogen) atoms. The molecule has 1 saturated heterocycles. The summed E-state index contributed by atoms with van der Waals surface area (Å²) in [6.45, 7) is 17.1. The van der Waals surface area contributed by atoms with Gasteiger partial charge in [0, 0.05) is 37.8 Å². The summed E-state index contributed by atoms with van der Waals surface area (Å²) >= 11 is 3.74. The molecule has 1 fully saturated rings. The standard InChI is InChI=1S/C47H71BrO11Si/c1-13-36-21-19-24-39(55-31-34-26-28-37(51-7)29-27-34)32(2)38(49)22-15-14-16-23-40(58-46-45(54-10)44(53-9)43(52-8)33(3)56-46)41(59-60(11,12)47(4,5)6)30-35(48)20-17-18-25-42(50)57-36/h14-18,20,22,25-30,32-33,36,39-41,43-46H,13,19,21,23-24,31H2,1-12H3/b16-14+,20-17+,22-15+,25-18+,35-30-/t32-,33-,36-,39-,40-,41+,43-,44+,45+,46-/m0/s1. The number of methoxy groups -OCH3 is 4. The van der Waals surface area contributed by atoms with Gasteiger partial charge in [0.25, 0.3) is 0 Å². The van der Waals surface area contributed by atoms with Crippen molar-refractivity contribution in [1.29, 1.82) is 0 Å². The molecule has 0 radical (unpaired) electrons. The van der Waals surface area contributed by atoms with Crippen LogP contribution in [-0.2, 0) is 53.8 Å². The zero-order chi connectivity index (χ0) is 44.5. The molecule has 1 aromatic carbocycles. The Labute approximate surface area is 369 Å². The van der Waals surface area contributed by atoms with Crippen LogP contribution in [0, 0.1) is 5.92 Å². The molecule has 0 aromatic heterocycles. The Morgan fingerprint density at radius 3 is 2.10 bits per heavy atom. The van der Waals surface area contributed by atoms with Crippen molar-refractivity contribution in [2.24, 2.45) is 5.92 Å². The van der Waals surface area contributed by atoms with E-state index < -0.39 is 50.9 Å². The smallest absolute Gasteiger partial charge is 0.331 e. The van der Waals surface area contributed by atoms with Crippen LogP contribution in [0.15, 0.2) is 83.4 Å². The van der Waals surface area contributed by atoms with Crippen LogP contribution >= 0.6 is 15.9 Å². The van der Waals surface area contributed by atoms with E-state index in [0.717, 1.165) is 15.8 Å². The Morgan fingerprint density at radius 2 is 1.48 bits per heavy atom. The highest BCUT2D eigenvalue weighted by Gasteiger charge is 2.48. The van der Waals surface area contributed by atoms with Gasteiger partial charge in [0.15, 0.2) is 20.4 Å². The van der Waals surface area contributed by atoms with Gasteiger partial charge in [-0.3, -0.25) is 4.79 Å². The van der Waals surface area contributed by atoms with Gasteiger partial charge in [-0.2, -0.15) is 0 Å². The first kappa shape index (κ1) is 51.6. The number of hydrogen-bond acceptors (Lipinski definition) is 11. The van der Waals surface area contributed by atoms with Crippen LogP contribution in [0.25, 0.3) is 0 Å². The summed E-state index contributed by atoms with van der Waals surface area (Å²) in [4.78, 5) is 26.6. The van der Waals surface area contributed by atoms with Gasteiger partial charge in [-0.05, 0) is 93.1 Å². The third-order valence-electron chi connectivity index (χ3n) is 11.6. The van der Waals surface area contributed by atoms with Gasteiger partial charge >= 0.3 is 5.97 Å². The van der Waals surface area contributed by atoms with E-state index in [9.17, 15) is 9.59 Å². The predicted octanol–water partition coefficient (Wildman–Crippen LogP) is 9.75. The molecule has 2 aliphatic heterocycles. The monoisotopic (exact) mass is 918 g/mol. The number of ketones is 1. The first-order chi connectivity index (χ1) is 28.5. The molecule has 0 aliphatic carbocycles. The van der Waals surface area contributed by atoms with Crippen molar-refractivity contribution in [1.82, 2.24) is 0 Å². The Kier molecular flexibility index (Phi) is 21.9. The maximum Gasteiger partial charge on any atom is 0.331 e. The van der Waals surface area contributed by atoms with Crippen LogP contribution in [0.3, 0.4) is 0 Å². The number of ether oxygens (including phenoxy) is 8. The van der Waals surface area contributed by atoms with Crippen LogP contribution in [0.1, 0.15) is 79.2 Å². The summed E-state index contributed by atoms with van der Waals surface area (Å²) in [7, 11) is 4.09. The zero-order valence-electron chi connectivity index (χ0n) is 37.9. The van der Waals surface area contributed by atoms with Gasteiger partial charge in [0.1, 0.15) is 30.2 Å². The lowest BCUT2D eigenvalue weighted by Gasteiger charge is -2.46. The van der Waals surface area contributed by atoms with Crippen LogP contribution in [0.5, 0.6) is 5.75 Å². The summed E-state index contributed by atoms with van der Waals surface area (Å²) in [5, 5.41) is -0.114. The molecule has 0 N–H and O–H groups in total. The quantitative estimate of drug-likeness (QED) is 0.147. The van der Waals surface area contributed by atoms with Crippen molar-refractivity contribution in [3.05, 3.63) is 89.0 Å². The second kappa shape index (κ2) is 25.4. The van der Waals surface area contributed by atoms with Crippen molar-refractivity contribution in [2.75, 3.05) is 28.4 Å². The highest BCUT2D eigenvalue weighted by Crippen LogP contribution is 2.39. The van der Waals surface area contributed by atoms with Gasteiger partial charge in [-0.1, -0.05) is 93.1 Å². The van der Waals surface area contributed by atoms with E-state index in [2.05, 4.69) is 49.8 Å². The molecule has 0 spiro atoms. The lowest BCUT2D eigenvalue weighted by atomic mass is 9.94. The van der Waals surface area contributed by atoms with E-state index in [1.807, 2.05) is 69.3 Å². The molecule has 0 saturated carbocycles. The van der Waals surface area contributed by atoms with E-state index in [1.54, 1.807) is 52.7 Å². The Bertz CT molecular complexity index is 1620. The molecule has 336 valence electrons. The minimum atomic E-state index is -2.40. The van der Waals surface area contributed by atoms with Crippen LogP contribution in [0.2, 0.25) is 18.1 Å². The van der Waals surface area contributed by atoms with Crippen molar-refractivity contribution in [3.8, 4) is 5.75 Å². The normalized spacial score (nSPS) is 32.6. The van der Waals surface area contributed by atoms with Gasteiger partial charge in [0.2, 0.25) is 0 Å². The third-order valence-corrected chi connectivity index (χ3v) is 16.6. The van der Waals surface area contributed by atoms with E-state index in [1.165, 1.54) is 6.08 Å². The zero-order valence-corrected chi connectivity index (χ0v) is 40.5.